The van der Waals surface area contributed by atoms with Crippen LogP contribution in [0.5, 0.6) is 0 Å². The molecule has 0 fully saturated rings. The largest absolute Gasteiger partial charge is 0.309 e. The van der Waals surface area contributed by atoms with Gasteiger partial charge in [-0.3, -0.25) is 0 Å². The fourth-order valence-electron chi connectivity index (χ4n) is 1.55. The molecule has 1 N–H and O–H groups in total. The topological polar surface area (TPSA) is 15.3 Å². The van der Waals surface area contributed by atoms with Crippen molar-refractivity contribution in [3.63, 3.8) is 0 Å². The van der Waals surface area contributed by atoms with E-state index in [0.29, 0.717) is 6.04 Å². The molecule has 0 amide bonds. The molecule has 12 heavy (non-hydrogen) atoms. The van der Waals surface area contributed by atoms with Crippen LogP contribution < -0.4 is 5.43 Å². The molecule has 0 aromatic rings. The third-order valence-corrected chi connectivity index (χ3v) is 2.10. The fourth-order valence-corrected chi connectivity index (χ4v) is 1.55. The van der Waals surface area contributed by atoms with Gasteiger partial charge in [-0.05, 0) is 19.9 Å². The van der Waals surface area contributed by atoms with Gasteiger partial charge in [-0.1, -0.05) is 20.8 Å². The van der Waals surface area contributed by atoms with Gasteiger partial charge in [-0.15, -0.1) is 0 Å². The van der Waals surface area contributed by atoms with E-state index in [9.17, 15) is 0 Å². The molecule has 1 heterocycles. The van der Waals surface area contributed by atoms with Gasteiger partial charge in [0.1, 0.15) is 0 Å². The molecule has 0 saturated carbocycles. The summed E-state index contributed by atoms with van der Waals surface area (Å²) >= 11 is 0. The standard InChI is InChI=1S/C10H20N2/c1-8(2)12-9(6-7-11-12)10(3,4)5/h6,8,11H,7H2,1-5H3. The number of hydrogen-bond donors (Lipinski definition) is 1. The van der Waals surface area contributed by atoms with Crippen LogP contribution in [0.4, 0.5) is 0 Å². The van der Waals surface area contributed by atoms with Crippen molar-refractivity contribution in [3.8, 4) is 0 Å². The molecule has 0 aromatic heterocycles. The maximum absolute atomic E-state index is 3.35. The first-order chi connectivity index (χ1) is 5.43. The fraction of sp³-hybridized carbons (Fsp3) is 0.800. The summed E-state index contributed by atoms with van der Waals surface area (Å²) in [5.74, 6) is 0. The highest BCUT2D eigenvalue weighted by Crippen LogP contribution is 2.30. The van der Waals surface area contributed by atoms with E-state index in [4.69, 9.17) is 0 Å². The van der Waals surface area contributed by atoms with Crippen LogP contribution in [-0.4, -0.2) is 17.6 Å². The molecule has 0 aliphatic carbocycles. The van der Waals surface area contributed by atoms with Crippen LogP contribution in [0, 0.1) is 5.41 Å². The van der Waals surface area contributed by atoms with Crippen LogP contribution >= 0.6 is 0 Å². The SMILES string of the molecule is CC(C)N1NCC=C1C(C)(C)C. The Morgan fingerprint density at radius 3 is 2.33 bits per heavy atom. The zero-order chi connectivity index (χ0) is 9.35. The molecule has 0 unspecified atom stereocenters. The Balaban J connectivity index is 2.76. The molecule has 1 aliphatic heterocycles. The lowest BCUT2D eigenvalue weighted by atomic mass is 9.91. The zero-order valence-corrected chi connectivity index (χ0v) is 8.81. The van der Waals surface area contributed by atoms with Crippen LogP contribution in [0.25, 0.3) is 0 Å². The van der Waals surface area contributed by atoms with Gasteiger partial charge in [-0.2, -0.15) is 0 Å². The minimum Gasteiger partial charge on any atom is -0.309 e. The Kier molecular flexibility index (Phi) is 2.47. The molecule has 2 nitrogen and oxygen atoms in total. The highest BCUT2D eigenvalue weighted by Gasteiger charge is 2.27. The molecule has 0 aromatic carbocycles. The van der Waals surface area contributed by atoms with Crippen LogP contribution in [0.15, 0.2) is 11.8 Å². The molecule has 0 bridgehead atoms. The molecule has 0 spiro atoms. The van der Waals surface area contributed by atoms with Gasteiger partial charge in [0.15, 0.2) is 0 Å². The van der Waals surface area contributed by atoms with Gasteiger partial charge in [0.2, 0.25) is 0 Å². The Morgan fingerprint density at radius 1 is 1.42 bits per heavy atom. The van der Waals surface area contributed by atoms with E-state index in [0.717, 1.165) is 6.54 Å². The van der Waals surface area contributed by atoms with E-state index < -0.39 is 0 Å². The van der Waals surface area contributed by atoms with Crippen LogP contribution in [0.3, 0.4) is 0 Å². The minimum atomic E-state index is 0.258. The second kappa shape index (κ2) is 3.09. The molecule has 1 rings (SSSR count). The molecule has 1 aliphatic rings. The van der Waals surface area contributed by atoms with Gasteiger partial charge >= 0.3 is 0 Å². The summed E-state index contributed by atoms with van der Waals surface area (Å²) < 4.78 is 0. The summed E-state index contributed by atoms with van der Waals surface area (Å²) in [4.78, 5) is 0. The summed E-state index contributed by atoms with van der Waals surface area (Å²) in [6.07, 6.45) is 2.28. The summed E-state index contributed by atoms with van der Waals surface area (Å²) in [5.41, 5.74) is 5.03. The van der Waals surface area contributed by atoms with Gasteiger partial charge in [0, 0.05) is 23.7 Å². The molecule has 0 radical (unpaired) electrons. The summed E-state index contributed by atoms with van der Waals surface area (Å²) in [6, 6.07) is 0.540. The molecular formula is C10H20N2. The Hall–Kier alpha value is -0.500. The maximum atomic E-state index is 3.35. The molecule has 70 valence electrons. The lowest BCUT2D eigenvalue weighted by Crippen LogP contribution is -2.40. The predicted molar refractivity (Wildman–Crippen MR) is 52.5 cm³/mol. The predicted octanol–water partition coefficient (Wildman–Crippen LogP) is 2.15. The number of nitrogens with one attached hydrogen (secondary N) is 1. The third-order valence-electron chi connectivity index (χ3n) is 2.10. The van der Waals surface area contributed by atoms with E-state index in [1.54, 1.807) is 0 Å². The first-order valence-corrected chi connectivity index (χ1v) is 4.66. The first kappa shape index (κ1) is 9.59. The van der Waals surface area contributed by atoms with E-state index >= 15 is 0 Å². The Labute approximate surface area is 75.6 Å². The van der Waals surface area contributed by atoms with Crippen molar-refractivity contribution in [1.29, 1.82) is 0 Å². The molecule has 0 atom stereocenters. The quantitative estimate of drug-likeness (QED) is 0.645. The van der Waals surface area contributed by atoms with Crippen molar-refractivity contribution in [1.82, 2.24) is 10.4 Å². The van der Waals surface area contributed by atoms with Crippen molar-refractivity contribution in [2.45, 2.75) is 40.7 Å². The zero-order valence-electron chi connectivity index (χ0n) is 8.81. The van der Waals surface area contributed by atoms with E-state index in [1.165, 1.54) is 5.70 Å². The van der Waals surface area contributed by atoms with Crippen molar-refractivity contribution in [2.75, 3.05) is 6.54 Å². The van der Waals surface area contributed by atoms with Crippen LogP contribution in [0.1, 0.15) is 34.6 Å². The van der Waals surface area contributed by atoms with Crippen molar-refractivity contribution in [3.05, 3.63) is 11.8 Å². The van der Waals surface area contributed by atoms with Gasteiger partial charge in [0.05, 0.1) is 0 Å². The second-order valence-corrected chi connectivity index (χ2v) is 4.67. The lowest BCUT2D eigenvalue weighted by Gasteiger charge is -2.33. The average molecular weight is 168 g/mol. The summed E-state index contributed by atoms with van der Waals surface area (Å²) in [7, 11) is 0. The highest BCUT2D eigenvalue weighted by molar-refractivity contribution is 5.14. The maximum Gasteiger partial charge on any atom is 0.0395 e. The van der Waals surface area contributed by atoms with Crippen LogP contribution in [-0.2, 0) is 0 Å². The van der Waals surface area contributed by atoms with Gasteiger partial charge in [0.25, 0.3) is 0 Å². The number of hydrogen-bond acceptors (Lipinski definition) is 2. The number of nitrogens with zero attached hydrogens (tertiary/aromatic N) is 1. The highest BCUT2D eigenvalue weighted by atomic mass is 15.5. The molecule has 0 saturated heterocycles. The van der Waals surface area contributed by atoms with Crippen molar-refractivity contribution in [2.24, 2.45) is 5.41 Å². The normalized spacial score (nSPS) is 18.8. The Bertz CT molecular complexity index is 187. The van der Waals surface area contributed by atoms with E-state index in [1.807, 2.05) is 0 Å². The third kappa shape index (κ3) is 1.81. The summed E-state index contributed by atoms with van der Waals surface area (Å²) in [6.45, 7) is 12.1. The molecule has 2 heteroatoms. The summed E-state index contributed by atoms with van der Waals surface area (Å²) in [5, 5.41) is 2.26. The van der Waals surface area contributed by atoms with E-state index in [2.05, 4.69) is 51.1 Å². The van der Waals surface area contributed by atoms with Crippen LogP contribution in [0.2, 0.25) is 0 Å². The smallest absolute Gasteiger partial charge is 0.0395 e. The Morgan fingerprint density at radius 2 is 2.00 bits per heavy atom. The van der Waals surface area contributed by atoms with Crippen molar-refractivity contribution >= 4 is 0 Å². The number of rotatable bonds is 1. The number of hydrazine groups is 1. The van der Waals surface area contributed by atoms with Gasteiger partial charge in [-0.25, -0.2) is 5.43 Å². The van der Waals surface area contributed by atoms with Gasteiger partial charge < -0.3 is 5.01 Å². The first-order valence-electron chi connectivity index (χ1n) is 4.66. The molecular weight excluding hydrogens is 148 g/mol. The van der Waals surface area contributed by atoms with Crippen molar-refractivity contribution < 1.29 is 0 Å². The second-order valence-electron chi connectivity index (χ2n) is 4.67. The average Bonchev–Trinajstić information content (AvgIpc) is 2.30. The minimum absolute atomic E-state index is 0.258. The number of allylic oxidation sites excluding steroid dienone is 1. The monoisotopic (exact) mass is 168 g/mol. The lowest BCUT2D eigenvalue weighted by molar-refractivity contribution is 0.184. The van der Waals surface area contributed by atoms with E-state index in [-0.39, 0.29) is 5.41 Å².